The number of nitrogens with zero attached hydrogens (tertiary/aromatic N) is 2. The van der Waals surface area contributed by atoms with Gasteiger partial charge < -0.3 is 14.6 Å². The normalized spacial score (nSPS) is 12.0. The zero-order valence-corrected chi connectivity index (χ0v) is 18.9. The maximum absolute atomic E-state index is 12.2. The molecule has 0 aliphatic carbocycles. The summed E-state index contributed by atoms with van der Waals surface area (Å²) in [6.07, 6.45) is -0.776. The van der Waals surface area contributed by atoms with Crippen molar-refractivity contribution in [1.82, 2.24) is 9.78 Å². The molecule has 0 radical (unpaired) electrons. The molecule has 29 heavy (non-hydrogen) atoms. The summed E-state index contributed by atoms with van der Waals surface area (Å²) in [5.41, 5.74) is 2.06. The van der Waals surface area contributed by atoms with E-state index in [9.17, 15) is 4.79 Å². The SMILES string of the molecule is Cc1ccc(-n2nc(C(C)(C)C)cc2NC(=O)OCC(Cl)(Cl)Cl)cc1OCCO. The smallest absolute Gasteiger partial charge is 0.412 e. The molecule has 0 aliphatic rings. The highest BCUT2D eigenvalue weighted by atomic mass is 35.6. The number of aromatic nitrogens is 2. The van der Waals surface area contributed by atoms with Gasteiger partial charge in [-0.2, -0.15) is 5.10 Å². The van der Waals surface area contributed by atoms with Gasteiger partial charge in [0.1, 0.15) is 24.8 Å². The first-order valence-corrected chi connectivity index (χ1v) is 10.00. The molecule has 10 heteroatoms. The molecule has 1 amide bonds. The summed E-state index contributed by atoms with van der Waals surface area (Å²) in [5, 5.41) is 16.3. The number of carbonyl (C=O) groups is 1. The van der Waals surface area contributed by atoms with Gasteiger partial charge in [0.2, 0.25) is 3.79 Å². The van der Waals surface area contributed by atoms with Crippen molar-refractivity contribution in [3.05, 3.63) is 35.5 Å². The molecule has 0 unspecified atom stereocenters. The number of halogens is 3. The summed E-state index contributed by atoms with van der Waals surface area (Å²) in [6, 6.07) is 7.25. The number of amides is 1. The lowest BCUT2D eigenvalue weighted by Gasteiger charge is -2.15. The van der Waals surface area contributed by atoms with Crippen molar-refractivity contribution in [2.75, 3.05) is 25.1 Å². The van der Waals surface area contributed by atoms with Gasteiger partial charge in [-0.3, -0.25) is 5.32 Å². The number of aryl methyl sites for hydroxylation is 1. The van der Waals surface area contributed by atoms with Crippen LogP contribution in [0.4, 0.5) is 10.6 Å². The first-order chi connectivity index (χ1) is 13.4. The van der Waals surface area contributed by atoms with Crippen LogP contribution < -0.4 is 10.1 Å². The third-order valence-corrected chi connectivity index (χ3v) is 4.17. The van der Waals surface area contributed by atoms with Gasteiger partial charge in [-0.1, -0.05) is 61.6 Å². The van der Waals surface area contributed by atoms with E-state index >= 15 is 0 Å². The zero-order chi connectivity index (χ0) is 21.8. The highest BCUT2D eigenvalue weighted by Gasteiger charge is 2.25. The fraction of sp³-hybridized carbons (Fsp3) is 0.474. The molecule has 0 saturated heterocycles. The van der Waals surface area contributed by atoms with Gasteiger partial charge in [0.15, 0.2) is 0 Å². The van der Waals surface area contributed by atoms with Gasteiger partial charge in [0.25, 0.3) is 0 Å². The van der Waals surface area contributed by atoms with Crippen molar-refractivity contribution in [1.29, 1.82) is 0 Å². The predicted octanol–water partition coefficient (Wildman–Crippen LogP) is 4.77. The predicted molar refractivity (Wildman–Crippen MR) is 115 cm³/mol. The molecule has 1 aromatic carbocycles. The highest BCUT2D eigenvalue weighted by Crippen LogP contribution is 2.29. The Bertz CT molecular complexity index is 857. The van der Waals surface area contributed by atoms with Crippen molar-refractivity contribution < 1.29 is 19.4 Å². The third-order valence-electron chi connectivity index (χ3n) is 3.84. The summed E-state index contributed by atoms with van der Waals surface area (Å²) in [4.78, 5) is 12.2. The highest BCUT2D eigenvalue weighted by molar-refractivity contribution is 6.67. The van der Waals surface area contributed by atoms with Crippen LogP contribution in [0.1, 0.15) is 32.0 Å². The van der Waals surface area contributed by atoms with Gasteiger partial charge in [0.05, 0.1) is 18.0 Å². The second-order valence-electron chi connectivity index (χ2n) is 7.41. The van der Waals surface area contributed by atoms with Gasteiger partial charge in [-0.25, -0.2) is 9.48 Å². The number of benzene rings is 1. The second-order valence-corrected chi connectivity index (χ2v) is 9.93. The van der Waals surface area contributed by atoms with E-state index in [4.69, 9.17) is 49.4 Å². The van der Waals surface area contributed by atoms with E-state index in [1.165, 1.54) is 0 Å². The number of nitrogens with one attached hydrogen (secondary N) is 1. The molecule has 0 saturated carbocycles. The lowest BCUT2D eigenvalue weighted by atomic mass is 9.92. The fourth-order valence-electron chi connectivity index (χ4n) is 2.35. The Hall–Kier alpha value is -1.67. The van der Waals surface area contributed by atoms with Crippen LogP contribution in [-0.4, -0.2) is 44.6 Å². The molecule has 0 atom stereocenters. The first kappa shape index (κ1) is 23.6. The molecule has 1 aromatic heterocycles. The molecule has 2 aromatic rings. The molecule has 2 N–H and O–H groups in total. The molecular weight excluding hydrogens is 441 g/mol. The number of aliphatic hydroxyl groups excluding tert-OH is 1. The lowest BCUT2D eigenvalue weighted by Crippen LogP contribution is -2.22. The van der Waals surface area contributed by atoms with Gasteiger partial charge >= 0.3 is 6.09 Å². The monoisotopic (exact) mass is 463 g/mol. The second kappa shape index (κ2) is 9.43. The fourth-order valence-corrected chi connectivity index (χ4v) is 2.52. The van der Waals surface area contributed by atoms with Crippen LogP contribution in [0.15, 0.2) is 24.3 Å². The minimum atomic E-state index is -1.70. The number of aliphatic hydroxyl groups is 1. The van der Waals surface area contributed by atoms with Crippen molar-refractivity contribution in [2.45, 2.75) is 36.9 Å². The van der Waals surface area contributed by atoms with E-state index in [-0.39, 0.29) is 18.6 Å². The number of anilines is 1. The van der Waals surface area contributed by atoms with E-state index in [1.807, 2.05) is 39.8 Å². The Labute approximate surface area is 184 Å². The molecule has 160 valence electrons. The topological polar surface area (TPSA) is 85.6 Å². The number of carbonyl (C=O) groups excluding carboxylic acids is 1. The van der Waals surface area contributed by atoms with Gasteiger partial charge in [-0.15, -0.1) is 0 Å². The largest absolute Gasteiger partial charge is 0.491 e. The van der Waals surface area contributed by atoms with Crippen molar-refractivity contribution in [3.63, 3.8) is 0 Å². The molecule has 7 nitrogen and oxygen atoms in total. The standard InChI is InChI=1S/C19H24Cl3N3O4/c1-12-5-6-13(9-14(12)28-8-7-26)25-16(10-15(24-25)18(2,3)4)23-17(27)29-11-19(20,21)22/h5-6,9-10,26H,7-8,11H2,1-4H3,(H,23,27). The Balaban J connectivity index is 2.38. The molecule has 0 fully saturated rings. The number of alkyl halides is 3. The Morgan fingerprint density at radius 2 is 1.93 bits per heavy atom. The summed E-state index contributed by atoms with van der Waals surface area (Å²) >= 11 is 16.9. The quantitative estimate of drug-likeness (QED) is 0.602. The minimum absolute atomic E-state index is 0.0958. The first-order valence-electron chi connectivity index (χ1n) is 8.86. The number of hydrogen-bond donors (Lipinski definition) is 2. The van der Waals surface area contributed by atoms with E-state index in [1.54, 1.807) is 16.8 Å². The van der Waals surface area contributed by atoms with Gasteiger partial charge in [0, 0.05) is 17.5 Å². The molecular formula is C19H24Cl3N3O4. The Kier molecular flexibility index (Phi) is 7.67. The van der Waals surface area contributed by atoms with E-state index in [0.29, 0.717) is 17.3 Å². The van der Waals surface area contributed by atoms with Crippen LogP contribution in [0.5, 0.6) is 5.75 Å². The van der Waals surface area contributed by atoms with Crippen LogP contribution in [-0.2, 0) is 10.2 Å². The zero-order valence-electron chi connectivity index (χ0n) is 16.6. The molecule has 0 bridgehead atoms. The minimum Gasteiger partial charge on any atom is -0.491 e. The Morgan fingerprint density at radius 1 is 1.24 bits per heavy atom. The molecule has 0 aliphatic heterocycles. The van der Waals surface area contributed by atoms with Crippen LogP contribution in [0, 0.1) is 6.92 Å². The van der Waals surface area contributed by atoms with E-state index in [2.05, 4.69) is 10.4 Å². The van der Waals surface area contributed by atoms with E-state index in [0.717, 1.165) is 11.3 Å². The summed E-state index contributed by atoms with van der Waals surface area (Å²) in [5.74, 6) is 0.996. The van der Waals surface area contributed by atoms with Crippen LogP contribution in [0.3, 0.4) is 0 Å². The maximum atomic E-state index is 12.2. The molecule has 1 heterocycles. The van der Waals surface area contributed by atoms with Crippen LogP contribution in [0.25, 0.3) is 5.69 Å². The van der Waals surface area contributed by atoms with Crippen molar-refractivity contribution >= 4 is 46.7 Å². The third kappa shape index (κ3) is 6.96. The number of rotatable bonds is 6. The average molecular weight is 465 g/mol. The van der Waals surface area contributed by atoms with E-state index < -0.39 is 16.5 Å². The molecule has 2 rings (SSSR count). The summed E-state index contributed by atoms with van der Waals surface area (Å²) in [6.45, 7) is 7.61. The summed E-state index contributed by atoms with van der Waals surface area (Å²) < 4.78 is 10.4. The van der Waals surface area contributed by atoms with Crippen molar-refractivity contribution in [3.8, 4) is 11.4 Å². The number of hydrogen-bond acceptors (Lipinski definition) is 5. The maximum Gasteiger partial charge on any atom is 0.412 e. The molecule has 0 spiro atoms. The lowest BCUT2D eigenvalue weighted by molar-refractivity contribution is 0.163. The van der Waals surface area contributed by atoms with Crippen molar-refractivity contribution in [2.24, 2.45) is 0 Å². The number of ether oxygens (including phenoxy) is 2. The van der Waals surface area contributed by atoms with Crippen LogP contribution in [0.2, 0.25) is 0 Å². The Morgan fingerprint density at radius 3 is 2.52 bits per heavy atom. The van der Waals surface area contributed by atoms with Gasteiger partial charge in [-0.05, 0) is 18.6 Å². The van der Waals surface area contributed by atoms with Crippen LogP contribution >= 0.6 is 34.8 Å². The average Bonchev–Trinajstić information content (AvgIpc) is 3.03. The summed E-state index contributed by atoms with van der Waals surface area (Å²) in [7, 11) is 0.